The Morgan fingerprint density at radius 2 is 1.63 bits per heavy atom. The zero-order chi connectivity index (χ0) is 14.0. The molecule has 0 atom stereocenters. The van der Waals surface area contributed by atoms with E-state index in [4.69, 9.17) is 0 Å². The average Bonchev–Trinajstić information content (AvgIpc) is 2.41. The Bertz CT molecular complexity index is 605. The van der Waals surface area contributed by atoms with Gasteiger partial charge in [0.05, 0.1) is 0 Å². The smallest absolute Gasteiger partial charge is 0.258 e. The Labute approximate surface area is 111 Å². The lowest BCUT2D eigenvalue weighted by Crippen LogP contribution is -2.26. The van der Waals surface area contributed by atoms with Gasteiger partial charge in [0.25, 0.3) is 5.91 Å². The molecule has 0 fully saturated rings. The van der Waals surface area contributed by atoms with Crippen LogP contribution in [0.3, 0.4) is 0 Å². The maximum atomic E-state index is 12.2. The number of aromatic hydroxyl groups is 2. The van der Waals surface area contributed by atoms with E-state index in [1.807, 2.05) is 31.2 Å². The summed E-state index contributed by atoms with van der Waals surface area (Å²) in [5.74, 6) is -0.795. The summed E-state index contributed by atoms with van der Waals surface area (Å²) in [6.45, 7) is 1.98. The monoisotopic (exact) mass is 257 g/mol. The maximum Gasteiger partial charge on any atom is 0.258 e. The van der Waals surface area contributed by atoms with Crippen LogP contribution in [0.1, 0.15) is 15.9 Å². The SMILES string of the molecule is Cc1ccc(N(C)C(=O)c2ccc(O)c(O)c2)cc1. The van der Waals surface area contributed by atoms with E-state index in [0.717, 1.165) is 11.3 Å². The minimum atomic E-state index is -0.303. The molecule has 0 aliphatic rings. The van der Waals surface area contributed by atoms with Crippen LogP contribution >= 0.6 is 0 Å². The van der Waals surface area contributed by atoms with E-state index in [0.29, 0.717) is 5.56 Å². The fraction of sp³-hybridized carbons (Fsp3) is 0.133. The highest BCUT2D eigenvalue weighted by atomic mass is 16.3. The summed E-state index contributed by atoms with van der Waals surface area (Å²) in [7, 11) is 1.66. The molecule has 0 saturated carbocycles. The van der Waals surface area contributed by atoms with Gasteiger partial charge >= 0.3 is 0 Å². The third-order valence-electron chi connectivity index (χ3n) is 2.95. The van der Waals surface area contributed by atoms with Crippen LogP contribution in [0.2, 0.25) is 0 Å². The normalized spacial score (nSPS) is 10.2. The minimum Gasteiger partial charge on any atom is -0.504 e. The second-order valence-corrected chi connectivity index (χ2v) is 4.40. The number of carbonyl (C=O) groups excluding carboxylic acids is 1. The van der Waals surface area contributed by atoms with Gasteiger partial charge in [0.1, 0.15) is 0 Å². The first-order valence-electron chi connectivity index (χ1n) is 5.86. The van der Waals surface area contributed by atoms with Crippen molar-refractivity contribution < 1.29 is 15.0 Å². The van der Waals surface area contributed by atoms with Crippen LogP contribution < -0.4 is 4.90 Å². The van der Waals surface area contributed by atoms with Crippen LogP contribution in [0.25, 0.3) is 0 Å². The van der Waals surface area contributed by atoms with Gasteiger partial charge in [-0.2, -0.15) is 0 Å². The van der Waals surface area contributed by atoms with Gasteiger partial charge in [-0.3, -0.25) is 4.79 Å². The van der Waals surface area contributed by atoms with Crippen molar-refractivity contribution >= 4 is 11.6 Å². The third kappa shape index (κ3) is 2.68. The number of benzene rings is 2. The van der Waals surface area contributed by atoms with Gasteiger partial charge in [0, 0.05) is 18.3 Å². The molecule has 0 radical (unpaired) electrons. The summed E-state index contributed by atoms with van der Waals surface area (Å²) >= 11 is 0. The first-order valence-corrected chi connectivity index (χ1v) is 5.86. The second-order valence-electron chi connectivity index (χ2n) is 4.40. The molecule has 0 aliphatic heterocycles. The van der Waals surface area contributed by atoms with Crippen LogP contribution in [0.4, 0.5) is 5.69 Å². The standard InChI is InChI=1S/C15H15NO3/c1-10-3-6-12(7-4-10)16(2)15(19)11-5-8-13(17)14(18)9-11/h3-9,17-18H,1-2H3. The van der Waals surface area contributed by atoms with Crippen LogP contribution in [0.15, 0.2) is 42.5 Å². The van der Waals surface area contributed by atoms with Crippen molar-refractivity contribution in [1.82, 2.24) is 0 Å². The van der Waals surface area contributed by atoms with Crippen molar-refractivity contribution in [3.8, 4) is 11.5 Å². The topological polar surface area (TPSA) is 60.8 Å². The lowest BCUT2D eigenvalue weighted by Gasteiger charge is -2.17. The summed E-state index contributed by atoms with van der Waals surface area (Å²) in [5, 5.41) is 18.7. The van der Waals surface area contributed by atoms with Crippen molar-refractivity contribution in [1.29, 1.82) is 0 Å². The van der Waals surface area contributed by atoms with E-state index < -0.39 is 0 Å². The van der Waals surface area contributed by atoms with Crippen molar-refractivity contribution in [2.75, 3.05) is 11.9 Å². The summed E-state index contributed by atoms with van der Waals surface area (Å²) in [6, 6.07) is 11.6. The Morgan fingerprint density at radius 3 is 2.21 bits per heavy atom. The number of nitrogens with zero attached hydrogens (tertiary/aromatic N) is 1. The predicted octanol–water partition coefficient (Wildman–Crippen LogP) is 2.68. The summed E-state index contributed by atoms with van der Waals surface area (Å²) in [6.07, 6.45) is 0. The van der Waals surface area contributed by atoms with Crippen molar-refractivity contribution in [2.24, 2.45) is 0 Å². The highest BCUT2D eigenvalue weighted by molar-refractivity contribution is 6.06. The van der Waals surface area contributed by atoms with Gasteiger partial charge in [0.2, 0.25) is 0 Å². The molecular weight excluding hydrogens is 242 g/mol. The predicted molar refractivity (Wildman–Crippen MR) is 73.7 cm³/mol. The molecule has 4 nitrogen and oxygen atoms in total. The lowest BCUT2D eigenvalue weighted by molar-refractivity contribution is 0.0992. The molecule has 4 heteroatoms. The molecule has 0 heterocycles. The minimum absolute atomic E-state index is 0.241. The van der Waals surface area contributed by atoms with Crippen molar-refractivity contribution in [3.63, 3.8) is 0 Å². The van der Waals surface area contributed by atoms with Gasteiger partial charge < -0.3 is 15.1 Å². The quantitative estimate of drug-likeness (QED) is 0.813. The average molecular weight is 257 g/mol. The second kappa shape index (κ2) is 5.02. The molecule has 1 amide bonds. The molecule has 98 valence electrons. The van der Waals surface area contributed by atoms with Gasteiger partial charge in [-0.05, 0) is 37.3 Å². The highest BCUT2D eigenvalue weighted by Gasteiger charge is 2.14. The fourth-order valence-electron chi connectivity index (χ4n) is 1.74. The van der Waals surface area contributed by atoms with E-state index >= 15 is 0 Å². The Balaban J connectivity index is 2.28. The summed E-state index contributed by atoms with van der Waals surface area (Å²) < 4.78 is 0. The summed E-state index contributed by atoms with van der Waals surface area (Å²) in [4.78, 5) is 13.7. The molecule has 19 heavy (non-hydrogen) atoms. The lowest BCUT2D eigenvalue weighted by atomic mass is 10.1. The molecule has 0 aliphatic carbocycles. The number of hydrogen-bond acceptors (Lipinski definition) is 3. The van der Waals surface area contributed by atoms with Gasteiger partial charge in [-0.1, -0.05) is 17.7 Å². The van der Waals surface area contributed by atoms with E-state index in [-0.39, 0.29) is 17.4 Å². The first-order chi connectivity index (χ1) is 8.99. The Morgan fingerprint density at radius 1 is 1.00 bits per heavy atom. The van der Waals surface area contributed by atoms with Gasteiger partial charge in [0.15, 0.2) is 11.5 Å². The van der Waals surface area contributed by atoms with E-state index in [1.165, 1.54) is 23.1 Å². The maximum absolute atomic E-state index is 12.2. The number of anilines is 1. The Hall–Kier alpha value is -2.49. The van der Waals surface area contributed by atoms with Crippen LogP contribution in [-0.4, -0.2) is 23.2 Å². The molecule has 0 unspecified atom stereocenters. The van der Waals surface area contributed by atoms with E-state index in [2.05, 4.69) is 0 Å². The van der Waals surface area contributed by atoms with Crippen molar-refractivity contribution in [2.45, 2.75) is 6.92 Å². The van der Waals surface area contributed by atoms with Crippen LogP contribution in [-0.2, 0) is 0 Å². The van der Waals surface area contributed by atoms with E-state index in [9.17, 15) is 15.0 Å². The van der Waals surface area contributed by atoms with Gasteiger partial charge in [-0.15, -0.1) is 0 Å². The fourth-order valence-corrected chi connectivity index (χ4v) is 1.74. The van der Waals surface area contributed by atoms with E-state index in [1.54, 1.807) is 7.05 Å². The molecule has 2 aromatic rings. The largest absolute Gasteiger partial charge is 0.504 e. The number of carbonyl (C=O) groups is 1. The molecule has 2 N–H and O–H groups in total. The molecule has 2 aromatic carbocycles. The molecule has 2 rings (SSSR count). The molecular formula is C15H15NO3. The number of phenols is 2. The number of rotatable bonds is 2. The van der Waals surface area contributed by atoms with Crippen LogP contribution in [0.5, 0.6) is 11.5 Å². The first kappa shape index (κ1) is 13.0. The number of amides is 1. The highest BCUT2D eigenvalue weighted by Crippen LogP contribution is 2.26. The number of aryl methyl sites for hydroxylation is 1. The number of phenolic OH excluding ortho intramolecular Hbond substituents is 2. The third-order valence-corrected chi connectivity index (χ3v) is 2.95. The molecule has 0 bridgehead atoms. The van der Waals surface area contributed by atoms with Crippen molar-refractivity contribution in [3.05, 3.63) is 53.6 Å². The zero-order valence-electron chi connectivity index (χ0n) is 10.8. The Kier molecular flexibility index (Phi) is 3.42. The van der Waals surface area contributed by atoms with Gasteiger partial charge in [-0.25, -0.2) is 0 Å². The summed E-state index contributed by atoms with van der Waals surface area (Å²) in [5.41, 5.74) is 2.20. The number of hydrogen-bond donors (Lipinski definition) is 2. The molecule has 0 spiro atoms. The zero-order valence-corrected chi connectivity index (χ0v) is 10.8. The molecule has 0 aromatic heterocycles. The molecule has 0 saturated heterocycles. The van der Waals surface area contributed by atoms with Crippen LogP contribution in [0, 0.1) is 6.92 Å².